The van der Waals surface area contributed by atoms with Crippen LogP contribution in [0.1, 0.15) is 27.7 Å². The molecule has 0 aromatic rings. The van der Waals surface area contributed by atoms with Crippen LogP contribution in [0.4, 0.5) is 0 Å². The predicted molar refractivity (Wildman–Crippen MR) is 109 cm³/mol. The molecular formula is C21H30O9. The van der Waals surface area contributed by atoms with Gasteiger partial charge in [-0.3, -0.25) is 0 Å². The highest BCUT2D eigenvalue weighted by Gasteiger charge is 2.20. The molecule has 0 amide bonds. The van der Waals surface area contributed by atoms with Gasteiger partial charge in [-0.25, -0.2) is 19.2 Å². The highest BCUT2D eigenvalue weighted by molar-refractivity contribution is 6.02. The molecule has 1 atom stereocenters. The molecule has 0 aliphatic rings. The third-order valence-corrected chi connectivity index (χ3v) is 3.17. The van der Waals surface area contributed by atoms with Gasteiger partial charge in [0.05, 0.1) is 26.4 Å². The van der Waals surface area contributed by atoms with E-state index in [4.69, 9.17) is 10.2 Å². The summed E-state index contributed by atoms with van der Waals surface area (Å²) in [5.41, 5.74) is 0.239. The summed E-state index contributed by atoms with van der Waals surface area (Å²) in [6.45, 7) is 16.8. The van der Waals surface area contributed by atoms with Crippen LogP contribution < -0.4 is 0 Å². The van der Waals surface area contributed by atoms with E-state index < -0.39 is 29.8 Å². The number of aliphatic hydroxyl groups is 2. The maximum Gasteiger partial charge on any atom is 0.341 e. The molecule has 0 saturated heterocycles. The molecule has 168 valence electrons. The van der Waals surface area contributed by atoms with Crippen molar-refractivity contribution in [1.29, 1.82) is 0 Å². The van der Waals surface area contributed by atoms with E-state index in [0.717, 1.165) is 0 Å². The second-order valence-electron chi connectivity index (χ2n) is 6.14. The molecule has 0 aliphatic carbocycles. The van der Waals surface area contributed by atoms with Crippen LogP contribution in [-0.2, 0) is 33.4 Å². The molecule has 0 radical (unpaired) electrons. The van der Waals surface area contributed by atoms with Gasteiger partial charge in [0.15, 0.2) is 0 Å². The van der Waals surface area contributed by atoms with Crippen LogP contribution in [0.5, 0.6) is 0 Å². The zero-order chi connectivity index (χ0) is 23.9. The Morgan fingerprint density at radius 3 is 1.57 bits per heavy atom. The van der Waals surface area contributed by atoms with Gasteiger partial charge < -0.3 is 24.4 Å². The maximum absolute atomic E-state index is 11.7. The number of carbonyl (C=O) groups is 4. The first-order valence-corrected chi connectivity index (χ1v) is 8.89. The van der Waals surface area contributed by atoms with E-state index in [1.54, 1.807) is 6.92 Å². The Hall–Kier alpha value is -2.88. The number of hydrogen-bond donors (Lipinski definition) is 2. The molecule has 0 saturated carbocycles. The Balaban J connectivity index is 0. The molecule has 0 rings (SSSR count). The Morgan fingerprint density at radius 2 is 1.20 bits per heavy atom. The highest BCUT2D eigenvalue weighted by atomic mass is 16.6. The lowest BCUT2D eigenvalue weighted by molar-refractivity contribution is -0.156. The van der Waals surface area contributed by atoms with Crippen molar-refractivity contribution in [1.82, 2.24) is 0 Å². The van der Waals surface area contributed by atoms with Gasteiger partial charge >= 0.3 is 23.9 Å². The third-order valence-electron chi connectivity index (χ3n) is 3.17. The van der Waals surface area contributed by atoms with Gasteiger partial charge in [-0.2, -0.15) is 0 Å². The van der Waals surface area contributed by atoms with E-state index in [0.29, 0.717) is 13.2 Å². The number of hydrogen-bond acceptors (Lipinski definition) is 9. The average molecular weight is 426 g/mol. The van der Waals surface area contributed by atoms with E-state index in [1.807, 2.05) is 0 Å². The SMILES string of the molecule is C=C(C)C(=O)OC(=O)C(=C)C(C)C=C(C)C(=O)OC(=O)C(=C)C.OCCOCCO. The molecule has 0 aliphatic heterocycles. The average Bonchev–Trinajstić information content (AvgIpc) is 2.67. The summed E-state index contributed by atoms with van der Waals surface area (Å²) in [4.78, 5) is 46.0. The molecule has 0 aromatic carbocycles. The van der Waals surface area contributed by atoms with Gasteiger partial charge in [-0.05, 0) is 20.8 Å². The molecule has 1 unspecified atom stereocenters. The predicted octanol–water partition coefficient (Wildman–Crippen LogP) is 1.40. The van der Waals surface area contributed by atoms with Gasteiger partial charge in [0, 0.05) is 28.2 Å². The van der Waals surface area contributed by atoms with E-state index >= 15 is 0 Å². The first-order valence-electron chi connectivity index (χ1n) is 8.89. The van der Waals surface area contributed by atoms with Crippen molar-refractivity contribution in [2.24, 2.45) is 5.92 Å². The summed E-state index contributed by atoms with van der Waals surface area (Å²) in [7, 11) is 0. The summed E-state index contributed by atoms with van der Waals surface area (Å²) in [5, 5.41) is 16.2. The molecule has 0 aromatic heterocycles. The normalized spacial score (nSPS) is 11.3. The van der Waals surface area contributed by atoms with Crippen LogP contribution >= 0.6 is 0 Å². The number of allylic oxidation sites excluding steroid dienone is 1. The van der Waals surface area contributed by atoms with Crippen LogP contribution in [0.25, 0.3) is 0 Å². The fraction of sp³-hybridized carbons (Fsp3) is 0.429. The van der Waals surface area contributed by atoms with Crippen molar-refractivity contribution in [3.63, 3.8) is 0 Å². The van der Waals surface area contributed by atoms with E-state index in [2.05, 4.69) is 33.9 Å². The van der Waals surface area contributed by atoms with Gasteiger partial charge in [0.2, 0.25) is 0 Å². The fourth-order valence-electron chi connectivity index (χ4n) is 1.45. The van der Waals surface area contributed by atoms with E-state index in [-0.39, 0.29) is 35.5 Å². The van der Waals surface area contributed by atoms with Crippen molar-refractivity contribution in [3.8, 4) is 0 Å². The molecule has 0 bridgehead atoms. The van der Waals surface area contributed by atoms with Crippen LogP contribution in [0.2, 0.25) is 0 Å². The maximum atomic E-state index is 11.7. The monoisotopic (exact) mass is 426 g/mol. The number of rotatable bonds is 10. The van der Waals surface area contributed by atoms with Gasteiger partial charge in [0.25, 0.3) is 0 Å². The molecule has 9 heteroatoms. The summed E-state index contributed by atoms with van der Waals surface area (Å²) in [5.74, 6) is -4.06. The van der Waals surface area contributed by atoms with Crippen molar-refractivity contribution in [3.05, 3.63) is 48.1 Å². The van der Waals surface area contributed by atoms with E-state index in [9.17, 15) is 19.2 Å². The summed E-state index contributed by atoms with van der Waals surface area (Å²) < 4.78 is 13.7. The quantitative estimate of drug-likeness (QED) is 0.230. The number of ether oxygens (including phenoxy) is 3. The number of esters is 4. The van der Waals surface area contributed by atoms with Crippen LogP contribution in [-0.4, -0.2) is 60.5 Å². The highest BCUT2D eigenvalue weighted by Crippen LogP contribution is 2.15. The molecule has 0 spiro atoms. The fourth-order valence-corrected chi connectivity index (χ4v) is 1.45. The molecule has 9 nitrogen and oxygen atoms in total. The second-order valence-corrected chi connectivity index (χ2v) is 6.14. The first-order chi connectivity index (χ1) is 13.9. The van der Waals surface area contributed by atoms with Crippen LogP contribution in [0, 0.1) is 5.92 Å². The summed E-state index contributed by atoms with van der Waals surface area (Å²) >= 11 is 0. The van der Waals surface area contributed by atoms with Crippen molar-refractivity contribution >= 4 is 23.9 Å². The van der Waals surface area contributed by atoms with Crippen molar-refractivity contribution in [2.45, 2.75) is 27.7 Å². The van der Waals surface area contributed by atoms with Crippen LogP contribution in [0.15, 0.2) is 48.1 Å². The molecular weight excluding hydrogens is 396 g/mol. The zero-order valence-corrected chi connectivity index (χ0v) is 17.9. The third kappa shape index (κ3) is 13.3. The largest absolute Gasteiger partial charge is 0.394 e. The Labute approximate surface area is 176 Å². The summed E-state index contributed by atoms with van der Waals surface area (Å²) in [6.07, 6.45) is 1.38. The van der Waals surface area contributed by atoms with Crippen LogP contribution in [0.3, 0.4) is 0 Å². The first kappa shape index (κ1) is 29.3. The molecule has 0 heterocycles. The van der Waals surface area contributed by atoms with Gasteiger partial charge in [-0.15, -0.1) is 0 Å². The smallest absolute Gasteiger partial charge is 0.341 e. The molecule has 2 N–H and O–H groups in total. The second kappa shape index (κ2) is 16.0. The van der Waals surface area contributed by atoms with Crippen molar-refractivity contribution in [2.75, 3.05) is 26.4 Å². The van der Waals surface area contributed by atoms with E-state index in [1.165, 1.54) is 26.8 Å². The summed E-state index contributed by atoms with van der Waals surface area (Å²) in [6, 6.07) is 0. The molecule has 30 heavy (non-hydrogen) atoms. The Bertz CT molecular complexity index is 697. The Morgan fingerprint density at radius 1 is 0.800 bits per heavy atom. The van der Waals surface area contributed by atoms with Gasteiger partial charge in [-0.1, -0.05) is 32.7 Å². The topological polar surface area (TPSA) is 136 Å². The standard InChI is InChI=1S/C17H20O6.C4H10O3/c1-9(2)14(18)22-16(20)12(6)8-11(5)13(7)17(21)23-15(19)10(3)4;5-1-3-7-4-2-6/h8,11H,1,3,7H2,2,4-6H3;5-6H,1-4H2. The minimum absolute atomic E-state index is 0.0278. The molecule has 0 fully saturated rings. The Kier molecular flexibility index (Phi) is 15.6. The zero-order valence-electron chi connectivity index (χ0n) is 17.9. The minimum Gasteiger partial charge on any atom is -0.394 e. The number of aliphatic hydroxyl groups excluding tert-OH is 2. The number of carbonyl (C=O) groups excluding carboxylic acids is 4. The van der Waals surface area contributed by atoms with Gasteiger partial charge in [0.1, 0.15) is 0 Å². The lowest BCUT2D eigenvalue weighted by Gasteiger charge is -2.11. The van der Waals surface area contributed by atoms with Crippen molar-refractivity contribution < 1.29 is 43.6 Å². The lowest BCUT2D eigenvalue weighted by Crippen LogP contribution is -2.18. The minimum atomic E-state index is -0.916. The lowest BCUT2D eigenvalue weighted by atomic mass is 10.00.